The molecule has 6 heteroatoms. The normalized spacial score (nSPS) is 15.1. The summed E-state index contributed by atoms with van der Waals surface area (Å²) >= 11 is 0. The van der Waals surface area contributed by atoms with Crippen LogP contribution in [0, 0.1) is 0 Å². The van der Waals surface area contributed by atoms with E-state index in [1.54, 1.807) is 0 Å². The third-order valence-electron chi connectivity index (χ3n) is 3.73. The molecule has 2 aromatic carbocycles. The lowest BCUT2D eigenvalue weighted by Gasteiger charge is -2.26. The van der Waals surface area contributed by atoms with Crippen molar-refractivity contribution < 1.29 is 24.5 Å². The Bertz CT molecular complexity index is 690. The van der Waals surface area contributed by atoms with Crippen molar-refractivity contribution in [2.24, 2.45) is 0 Å². The van der Waals surface area contributed by atoms with Gasteiger partial charge in [-0.15, -0.1) is 0 Å². The number of fused-ring (bicyclic) bond motifs is 1. The van der Waals surface area contributed by atoms with Crippen molar-refractivity contribution in [2.75, 3.05) is 6.54 Å². The van der Waals surface area contributed by atoms with Crippen LogP contribution in [-0.2, 0) is 22.6 Å². The average molecular weight is 343 g/mol. The van der Waals surface area contributed by atoms with Crippen LogP contribution < -0.4 is 10.1 Å². The van der Waals surface area contributed by atoms with Crippen molar-refractivity contribution in [2.45, 2.75) is 25.5 Å². The molecule has 0 spiro atoms. The molecule has 1 heterocycles. The van der Waals surface area contributed by atoms with Gasteiger partial charge in [0.1, 0.15) is 11.9 Å². The fraction of sp³-hybridized carbons (Fsp3) is 0.263. The van der Waals surface area contributed by atoms with E-state index in [0.717, 1.165) is 31.7 Å². The number of nitrogens with one attached hydrogen (secondary N) is 1. The maximum Gasteiger partial charge on any atom is 0.414 e. The fourth-order valence-electron chi connectivity index (χ4n) is 2.50. The first-order valence-corrected chi connectivity index (χ1v) is 8.01. The lowest BCUT2D eigenvalue weighted by molar-refractivity contribution is -0.159. The topological polar surface area (TPSA) is 95.9 Å². The molecule has 0 saturated heterocycles. The highest BCUT2D eigenvalue weighted by Gasteiger charge is 2.18. The molecule has 2 aromatic rings. The van der Waals surface area contributed by atoms with E-state index < -0.39 is 11.9 Å². The number of aryl methyl sites for hydroxylation is 1. The second-order valence-electron chi connectivity index (χ2n) is 5.61. The number of carbonyl (C=O) groups is 2. The monoisotopic (exact) mass is 343 g/mol. The number of carboxylic acid groups (broad SMARTS) is 2. The molecular formula is C19H21NO5. The van der Waals surface area contributed by atoms with Crippen molar-refractivity contribution in [3.05, 3.63) is 65.7 Å². The number of carboxylic acids is 2. The first-order chi connectivity index (χ1) is 12.1. The molecule has 0 aromatic heterocycles. The summed E-state index contributed by atoms with van der Waals surface area (Å²) in [6.07, 6.45) is 2.51. The summed E-state index contributed by atoms with van der Waals surface area (Å²) in [5.74, 6) is -2.59. The lowest BCUT2D eigenvalue weighted by atomic mass is 10.0. The molecule has 3 N–H and O–H groups in total. The number of hydrogen-bond donors (Lipinski definition) is 3. The van der Waals surface area contributed by atoms with Crippen LogP contribution in [0.25, 0.3) is 0 Å². The number of hydrogen-bond acceptors (Lipinski definition) is 4. The van der Waals surface area contributed by atoms with E-state index in [9.17, 15) is 0 Å². The molecule has 132 valence electrons. The first kappa shape index (κ1) is 18.5. The summed E-state index contributed by atoms with van der Waals surface area (Å²) in [5.41, 5.74) is 2.65. The molecule has 0 radical (unpaired) electrons. The average Bonchev–Trinajstić information content (AvgIpc) is 2.63. The lowest BCUT2D eigenvalue weighted by Crippen LogP contribution is -2.33. The minimum absolute atomic E-state index is 0.290. The van der Waals surface area contributed by atoms with E-state index in [2.05, 4.69) is 47.8 Å². The summed E-state index contributed by atoms with van der Waals surface area (Å²) < 4.78 is 6.01. The molecular weight excluding hydrogens is 322 g/mol. The quantitative estimate of drug-likeness (QED) is 0.738. The second-order valence-corrected chi connectivity index (χ2v) is 5.61. The van der Waals surface area contributed by atoms with Crippen molar-refractivity contribution in [3.63, 3.8) is 0 Å². The van der Waals surface area contributed by atoms with E-state index in [1.165, 1.54) is 11.1 Å². The SMILES string of the molecule is O=C(O)C(=O)O.c1ccc(CNCC2CCc3ccccc3O2)cc1. The number of para-hydroxylation sites is 1. The van der Waals surface area contributed by atoms with E-state index in [4.69, 9.17) is 24.5 Å². The molecule has 6 nitrogen and oxygen atoms in total. The van der Waals surface area contributed by atoms with Crippen LogP contribution >= 0.6 is 0 Å². The van der Waals surface area contributed by atoms with Gasteiger partial charge in [-0.25, -0.2) is 9.59 Å². The molecule has 1 aliphatic rings. The summed E-state index contributed by atoms with van der Waals surface area (Å²) in [6.45, 7) is 1.81. The van der Waals surface area contributed by atoms with Gasteiger partial charge in [-0.2, -0.15) is 0 Å². The van der Waals surface area contributed by atoms with Crippen molar-refractivity contribution in [3.8, 4) is 5.75 Å². The van der Waals surface area contributed by atoms with Gasteiger partial charge in [-0.05, 0) is 30.0 Å². The minimum atomic E-state index is -1.82. The summed E-state index contributed by atoms with van der Waals surface area (Å²) in [4.78, 5) is 18.2. The molecule has 1 atom stereocenters. The predicted octanol–water partition coefficient (Wildman–Crippen LogP) is 2.33. The maximum absolute atomic E-state index is 9.10. The van der Waals surface area contributed by atoms with Gasteiger partial charge in [0.15, 0.2) is 0 Å². The zero-order valence-corrected chi connectivity index (χ0v) is 13.7. The van der Waals surface area contributed by atoms with Crippen LogP contribution in [0.2, 0.25) is 0 Å². The first-order valence-electron chi connectivity index (χ1n) is 8.01. The summed E-state index contributed by atoms with van der Waals surface area (Å²) in [7, 11) is 0. The molecule has 0 amide bonds. The van der Waals surface area contributed by atoms with E-state index >= 15 is 0 Å². The van der Waals surface area contributed by atoms with Crippen molar-refractivity contribution in [1.29, 1.82) is 0 Å². The molecule has 0 saturated carbocycles. The van der Waals surface area contributed by atoms with Crippen molar-refractivity contribution >= 4 is 11.9 Å². The third kappa shape index (κ3) is 6.27. The molecule has 0 fully saturated rings. The largest absolute Gasteiger partial charge is 0.489 e. The Balaban J connectivity index is 0.000000326. The molecule has 1 aliphatic heterocycles. The van der Waals surface area contributed by atoms with Gasteiger partial charge in [0.2, 0.25) is 0 Å². The minimum Gasteiger partial charge on any atom is -0.489 e. The number of rotatable bonds is 4. The standard InChI is InChI=1S/C17H19NO.C2H2O4/c1-2-6-14(7-3-1)12-18-13-16-11-10-15-8-4-5-9-17(15)19-16;3-1(4)2(5)6/h1-9,16,18H,10-13H2;(H,3,4)(H,5,6). The van der Waals surface area contributed by atoms with Gasteiger partial charge in [-0.3, -0.25) is 0 Å². The zero-order chi connectivity index (χ0) is 18.1. The molecule has 1 unspecified atom stereocenters. The fourth-order valence-corrected chi connectivity index (χ4v) is 2.50. The number of benzene rings is 2. The predicted molar refractivity (Wildman–Crippen MR) is 92.6 cm³/mol. The van der Waals surface area contributed by atoms with E-state index in [0.29, 0.717) is 6.10 Å². The molecule has 0 aliphatic carbocycles. The van der Waals surface area contributed by atoms with Crippen LogP contribution in [0.15, 0.2) is 54.6 Å². The molecule has 25 heavy (non-hydrogen) atoms. The Hall–Kier alpha value is -2.86. The second kappa shape index (κ2) is 9.44. The van der Waals surface area contributed by atoms with Gasteiger partial charge in [-0.1, -0.05) is 48.5 Å². The highest BCUT2D eigenvalue weighted by Crippen LogP contribution is 2.26. The van der Waals surface area contributed by atoms with Crippen LogP contribution in [0.4, 0.5) is 0 Å². The van der Waals surface area contributed by atoms with E-state index in [-0.39, 0.29) is 0 Å². The van der Waals surface area contributed by atoms with Crippen LogP contribution in [0.5, 0.6) is 5.75 Å². The van der Waals surface area contributed by atoms with Gasteiger partial charge in [0.05, 0.1) is 0 Å². The van der Waals surface area contributed by atoms with Crippen LogP contribution in [0.1, 0.15) is 17.5 Å². The smallest absolute Gasteiger partial charge is 0.414 e. The Kier molecular flexibility index (Phi) is 6.98. The number of ether oxygens (including phenoxy) is 1. The number of aliphatic carboxylic acids is 2. The summed E-state index contributed by atoms with van der Waals surface area (Å²) in [6, 6.07) is 18.8. The maximum atomic E-state index is 9.10. The highest BCUT2D eigenvalue weighted by molar-refractivity contribution is 6.27. The van der Waals surface area contributed by atoms with Crippen molar-refractivity contribution in [1.82, 2.24) is 5.32 Å². The van der Waals surface area contributed by atoms with Gasteiger partial charge in [0, 0.05) is 13.1 Å². The highest BCUT2D eigenvalue weighted by atomic mass is 16.5. The Morgan fingerprint density at radius 1 is 1.00 bits per heavy atom. The Labute approximate surface area is 146 Å². The van der Waals surface area contributed by atoms with E-state index in [1.807, 2.05) is 12.1 Å². The Morgan fingerprint density at radius 3 is 2.32 bits per heavy atom. The molecule has 3 rings (SSSR count). The molecule has 0 bridgehead atoms. The van der Waals surface area contributed by atoms with Gasteiger partial charge in [0.25, 0.3) is 0 Å². The summed E-state index contributed by atoms with van der Waals surface area (Å²) in [5, 5.41) is 18.3. The third-order valence-corrected chi connectivity index (χ3v) is 3.73. The van der Waals surface area contributed by atoms with Gasteiger partial charge < -0.3 is 20.3 Å². The van der Waals surface area contributed by atoms with Crippen LogP contribution in [0.3, 0.4) is 0 Å². The van der Waals surface area contributed by atoms with Crippen LogP contribution in [-0.4, -0.2) is 34.8 Å². The van der Waals surface area contributed by atoms with Gasteiger partial charge >= 0.3 is 11.9 Å². The zero-order valence-electron chi connectivity index (χ0n) is 13.7. The Morgan fingerprint density at radius 2 is 1.64 bits per heavy atom.